The molecule has 6 heteroatoms. The normalized spacial score (nSPS) is 48.8. The first kappa shape index (κ1) is 21.4. The van der Waals surface area contributed by atoms with E-state index in [9.17, 15) is 14.4 Å². The van der Waals surface area contributed by atoms with Crippen LogP contribution in [-0.2, 0) is 19.1 Å². The minimum absolute atomic E-state index is 0.102. The van der Waals surface area contributed by atoms with Gasteiger partial charge in [0.25, 0.3) is 0 Å². The molecule has 0 radical (unpaired) electrons. The molecule has 7 atom stereocenters. The zero-order valence-corrected chi connectivity index (χ0v) is 19.2. The van der Waals surface area contributed by atoms with E-state index in [1.54, 1.807) is 6.08 Å². The molecule has 4 aliphatic carbocycles. The minimum Gasteiger partial charge on any atom is -0.451 e. The molecule has 4 aliphatic rings. The summed E-state index contributed by atoms with van der Waals surface area (Å²) in [5.41, 5.74) is -0.872. The van der Waals surface area contributed by atoms with Crippen molar-refractivity contribution in [3.63, 3.8) is 0 Å². The van der Waals surface area contributed by atoms with Crippen molar-refractivity contribution in [3.8, 4) is 0 Å². The number of allylic oxidation sites excluding steroid dienone is 1. The van der Waals surface area contributed by atoms with Gasteiger partial charge in [0.05, 0.1) is 10.3 Å². The van der Waals surface area contributed by atoms with E-state index >= 15 is 0 Å². The fraction of sp³-hybridized carbons (Fsp3) is 0.783. The highest BCUT2D eigenvalue weighted by Crippen LogP contribution is 2.72. The van der Waals surface area contributed by atoms with E-state index in [-0.39, 0.29) is 34.2 Å². The number of ketones is 2. The maximum atomic E-state index is 12.8. The molecule has 3 fully saturated rings. The van der Waals surface area contributed by atoms with Gasteiger partial charge in [-0.2, -0.15) is 0 Å². The number of Topliss-reactive ketones (excluding diaryl/α,β-unsaturated/α-hetero) is 1. The second kappa shape index (κ2) is 6.56. The molecule has 4 rings (SSSR count). The van der Waals surface area contributed by atoms with Gasteiger partial charge in [0.2, 0.25) is 0 Å². The van der Waals surface area contributed by atoms with E-state index in [1.165, 1.54) is 13.8 Å². The summed E-state index contributed by atoms with van der Waals surface area (Å²) in [6.45, 7) is 7.13. The summed E-state index contributed by atoms with van der Waals surface area (Å²) < 4.78 is 5.79. The number of alkyl halides is 2. The van der Waals surface area contributed by atoms with E-state index in [2.05, 4.69) is 13.8 Å². The number of ether oxygens (including phenoxy) is 1. The second-order valence-electron chi connectivity index (χ2n) is 10.1. The van der Waals surface area contributed by atoms with Gasteiger partial charge in [0.1, 0.15) is 0 Å². The number of hydrogen-bond donors (Lipinski definition) is 0. The molecule has 3 saturated carbocycles. The molecule has 0 aliphatic heterocycles. The van der Waals surface area contributed by atoms with Gasteiger partial charge >= 0.3 is 5.97 Å². The van der Waals surface area contributed by atoms with Gasteiger partial charge in [-0.3, -0.25) is 14.4 Å². The van der Waals surface area contributed by atoms with Crippen LogP contribution < -0.4 is 0 Å². The molecular formula is C23H30Cl2O4. The Bertz CT molecular complexity index is 822. The molecular weight excluding hydrogens is 411 g/mol. The van der Waals surface area contributed by atoms with Crippen molar-refractivity contribution >= 4 is 40.7 Å². The number of halogens is 2. The van der Waals surface area contributed by atoms with Gasteiger partial charge < -0.3 is 4.74 Å². The molecule has 0 aromatic carbocycles. The van der Waals surface area contributed by atoms with Crippen molar-refractivity contribution in [2.45, 2.75) is 88.5 Å². The molecule has 4 nitrogen and oxygen atoms in total. The Morgan fingerprint density at radius 2 is 1.79 bits per heavy atom. The largest absolute Gasteiger partial charge is 0.451 e. The molecule has 160 valence electrons. The lowest BCUT2D eigenvalue weighted by atomic mass is 9.45. The molecule has 0 spiro atoms. The average Bonchev–Trinajstić information content (AvgIpc) is 2.90. The number of hydrogen-bond acceptors (Lipinski definition) is 4. The third-order valence-corrected chi connectivity index (χ3v) is 10.6. The predicted molar refractivity (Wildman–Crippen MR) is 112 cm³/mol. The van der Waals surface area contributed by atoms with Gasteiger partial charge in [0.15, 0.2) is 17.2 Å². The van der Waals surface area contributed by atoms with Gasteiger partial charge in [0, 0.05) is 24.2 Å². The van der Waals surface area contributed by atoms with Crippen LogP contribution in [0.4, 0.5) is 0 Å². The molecule has 0 aromatic heterocycles. The van der Waals surface area contributed by atoms with Gasteiger partial charge in [-0.15, -0.1) is 23.2 Å². The third-order valence-electron chi connectivity index (χ3n) is 9.01. The fourth-order valence-electron chi connectivity index (χ4n) is 7.56. The Labute approximate surface area is 182 Å². The van der Waals surface area contributed by atoms with Gasteiger partial charge in [-0.05, 0) is 63.4 Å². The van der Waals surface area contributed by atoms with Crippen LogP contribution in [0.15, 0.2) is 11.6 Å². The predicted octanol–water partition coefficient (Wildman–Crippen LogP) is 4.99. The Kier molecular flexibility index (Phi) is 4.83. The zero-order valence-electron chi connectivity index (χ0n) is 17.6. The Hall–Kier alpha value is -0.870. The van der Waals surface area contributed by atoms with Crippen LogP contribution in [0, 0.1) is 22.7 Å². The number of esters is 1. The van der Waals surface area contributed by atoms with Gasteiger partial charge in [-0.25, -0.2) is 0 Å². The number of fused-ring (bicyclic) bond motifs is 5. The standard InChI is InChI=1S/C23H30Cl2O4/c1-13(26)22(29-14(2)27)10-8-17-18-6-5-15-11-16(28)7-9-20(15,3)23(18,25)19(24)12-21(17,22)4/h11,17-19H,5-10,12H2,1-4H3/t17-,18+,19+,20+,21-,22+,23+/m1/s1. The molecule has 0 saturated heterocycles. The Morgan fingerprint density at radius 1 is 1.10 bits per heavy atom. The van der Waals surface area contributed by atoms with Crippen molar-refractivity contribution in [1.82, 2.24) is 0 Å². The molecule has 0 aromatic rings. The summed E-state index contributed by atoms with van der Waals surface area (Å²) in [5, 5.41) is -0.385. The van der Waals surface area contributed by atoms with Crippen LogP contribution in [0.1, 0.15) is 72.6 Å². The quantitative estimate of drug-likeness (QED) is 0.448. The first-order valence-corrected chi connectivity index (χ1v) is 11.5. The van der Waals surface area contributed by atoms with E-state index in [0.717, 1.165) is 24.8 Å². The highest BCUT2D eigenvalue weighted by atomic mass is 35.5. The SMILES string of the molecule is CC(=O)O[C@]1(C(C)=O)CC[C@@H]2[C@@H]3CCC4=CC(=O)CC[C@]4(C)[C@@]3(Cl)[C@@H](Cl)C[C@]21C. The van der Waals surface area contributed by atoms with Crippen LogP contribution in [0.2, 0.25) is 0 Å². The highest BCUT2D eigenvalue weighted by molar-refractivity contribution is 6.33. The van der Waals surface area contributed by atoms with Crippen molar-refractivity contribution in [3.05, 3.63) is 11.6 Å². The maximum Gasteiger partial charge on any atom is 0.303 e. The van der Waals surface area contributed by atoms with Gasteiger partial charge in [-0.1, -0.05) is 19.4 Å². The van der Waals surface area contributed by atoms with Crippen LogP contribution in [0.5, 0.6) is 0 Å². The first-order chi connectivity index (χ1) is 13.4. The van der Waals surface area contributed by atoms with Crippen molar-refractivity contribution in [1.29, 1.82) is 0 Å². The van der Waals surface area contributed by atoms with E-state index in [1.807, 2.05) is 0 Å². The van der Waals surface area contributed by atoms with E-state index in [4.69, 9.17) is 27.9 Å². The second-order valence-corrected chi connectivity index (χ2v) is 11.2. The lowest BCUT2D eigenvalue weighted by Gasteiger charge is -2.64. The molecule has 0 bridgehead atoms. The monoisotopic (exact) mass is 440 g/mol. The summed E-state index contributed by atoms with van der Waals surface area (Å²) in [6, 6.07) is 0. The third kappa shape index (κ3) is 2.54. The van der Waals surface area contributed by atoms with Crippen LogP contribution in [-0.4, -0.2) is 33.4 Å². The maximum absolute atomic E-state index is 12.8. The number of carbonyl (C=O) groups excluding carboxylic acids is 3. The number of rotatable bonds is 2. The summed E-state index contributed by atoms with van der Waals surface area (Å²) >= 11 is 14.6. The molecule has 0 heterocycles. The molecule has 0 N–H and O–H groups in total. The number of carbonyl (C=O) groups is 3. The minimum atomic E-state index is -1.13. The van der Waals surface area contributed by atoms with Crippen molar-refractivity contribution < 1.29 is 19.1 Å². The molecule has 0 amide bonds. The fourth-order valence-corrected chi connectivity index (χ4v) is 8.83. The van der Waals surface area contributed by atoms with Crippen molar-refractivity contribution in [2.24, 2.45) is 22.7 Å². The smallest absolute Gasteiger partial charge is 0.303 e. The average molecular weight is 441 g/mol. The molecule has 29 heavy (non-hydrogen) atoms. The van der Waals surface area contributed by atoms with Crippen molar-refractivity contribution in [2.75, 3.05) is 0 Å². The summed E-state index contributed by atoms with van der Waals surface area (Å²) in [7, 11) is 0. The lowest BCUT2D eigenvalue weighted by Crippen LogP contribution is -2.68. The highest BCUT2D eigenvalue weighted by Gasteiger charge is 2.74. The van der Waals surface area contributed by atoms with E-state index in [0.29, 0.717) is 25.7 Å². The van der Waals surface area contributed by atoms with Crippen LogP contribution in [0.25, 0.3) is 0 Å². The summed E-state index contributed by atoms with van der Waals surface area (Å²) in [6.07, 6.45) is 6.52. The lowest BCUT2D eigenvalue weighted by molar-refractivity contribution is -0.185. The van der Waals surface area contributed by atoms with E-state index < -0.39 is 21.9 Å². The zero-order chi connectivity index (χ0) is 21.4. The van der Waals surface area contributed by atoms with Crippen LogP contribution >= 0.6 is 23.2 Å². The Morgan fingerprint density at radius 3 is 2.41 bits per heavy atom. The molecule has 0 unspecified atom stereocenters. The summed E-state index contributed by atoms with van der Waals surface area (Å²) in [4.78, 5) is 36.2. The van der Waals surface area contributed by atoms with Crippen LogP contribution in [0.3, 0.4) is 0 Å². The first-order valence-electron chi connectivity index (χ1n) is 10.7. The Balaban J connectivity index is 1.81. The summed E-state index contributed by atoms with van der Waals surface area (Å²) in [5.74, 6) is -0.0990. The topological polar surface area (TPSA) is 60.4 Å².